The zero-order valence-corrected chi connectivity index (χ0v) is 8.65. The molecule has 80 valence electrons. The zero-order chi connectivity index (χ0) is 11.4. The molecule has 2 N–H and O–H groups in total. The molecule has 0 aromatic heterocycles. The van der Waals surface area contributed by atoms with Crippen LogP contribution in [0, 0.1) is 0 Å². The first kappa shape index (κ1) is 11.4. The molecule has 1 rings (SSSR count). The van der Waals surface area contributed by atoms with E-state index in [9.17, 15) is 9.90 Å². The highest BCUT2D eigenvalue weighted by atomic mass is 35.5. The highest BCUT2D eigenvalue weighted by Gasteiger charge is 2.09. The van der Waals surface area contributed by atoms with E-state index in [0.29, 0.717) is 5.56 Å². The van der Waals surface area contributed by atoms with E-state index in [1.165, 1.54) is 19.3 Å². The second-order valence-corrected chi connectivity index (χ2v) is 3.07. The number of aromatic hydroxyl groups is 1. The fourth-order valence-electron chi connectivity index (χ4n) is 1.02. The fourth-order valence-corrected chi connectivity index (χ4v) is 1.24. The number of methoxy groups -OCH3 is 1. The number of carbonyl (C=O) groups is 1. The molecule has 1 aromatic rings. The van der Waals surface area contributed by atoms with Gasteiger partial charge in [-0.2, -0.15) is 0 Å². The number of hydrogen-bond donors (Lipinski definition) is 2. The molecule has 0 aliphatic heterocycles. The predicted octanol–water partition coefficient (Wildman–Crippen LogP) is 2.15. The summed E-state index contributed by atoms with van der Waals surface area (Å²) in [6.07, 6.45) is 2.23. The number of rotatable bonds is 3. The topological polar surface area (TPSA) is 66.8 Å². The summed E-state index contributed by atoms with van der Waals surface area (Å²) in [4.78, 5) is 10.3. The number of phenols is 1. The molecule has 4 nitrogen and oxygen atoms in total. The van der Waals surface area contributed by atoms with Crippen LogP contribution in [0.1, 0.15) is 5.56 Å². The minimum Gasteiger partial charge on any atom is -0.503 e. The summed E-state index contributed by atoms with van der Waals surface area (Å²) in [6.45, 7) is 0. The van der Waals surface area contributed by atoms with E-state index in [1.54, 1.807) is 6.07 Å². The van der Waals surface area contributed by atoms with Crippen LogP contribution in [0.25, 0.3) is 6.08 Å². The lowest BCUT2D eigenvalue weighted by Crippen LogP contribution is -1.88. The van der Waals surface area contributed by atoms with Crippen molar-refractivity contribution in [1.82, 2.24) is 0 Å². The zero-order valence-electron chi connectivity index (χ0n) is 7.90. The normalized spacial score (nSPS) is 10.5. The summed E-state index contributed by atoms with van der Waals surface area (Å²) >= 11 is 5.79. The van der Waals surface area contributed by atoms with Crippen molar-refractivity contribution in [1.29, 1.82) is 0 Å². The number of aliphatic carboxylic acids is 1. The quantitative estimate of drug-likeness (QED) is 0.778. The molecule has 0 atom stereocenters. The maximum atomic E-state index is 10.3. The molecule has 15 heavy (non-hydrogen) atoms. The lowest BCUT2D eigenvalue weighted by molar-refractivity contribution is -0.131. The van der Waals surface area contributed by atoms with E-state index in [2.05, 4.69) is 0 Å². The highest BCUT2D eigenvalue weighted by Crippen LogP contribution is 2.36. The van der Waals surface area contributed by atoms with Gasteiger partial charge in [-0.25, -0.2) is 4.79 Å². The third-order valence-corrected chi connectivity index (χ3v) is 2.13. The van der Waals surface area contributed by atoms with E-state index in [1.807, 2.05) is 0 Å². The third-order valence-electron chi connectivity index (χ3n) is 1.73. The molecule has 0 saturated carbocycles. The number of halogens is 1. The van der Waals surface area contributed by atoms with Crippen LogP contribution in [0.4, 0.5) is 0 Å². The van der Waals surface area contributed by atoms with Crippen molar-refractivity contribution in [3.63, 3.8) is 0 Å². The maximum Gasteiger partial charge on any atom is 0.328 e. The van der Waals surface area contributed by atoms with E-state index < -0.39 is 5.97 Å². The first-order chi connectivity index (χ1) is 7.06. The van der Waals surface area contributed by atoms with Crippen LogP contribution >= 0.6 is 11.6 Å². The number of hydrogen-bond acceptors (Lipinski definition) is 3. The predicted molar refractivity (Wildman–Crippen MR) is 56.3 cm³/mol. The van der Waals surface area contributed by atoms with Crippen molar-refractivity contribution in [2.75, 3.05) is 7.11 Å². The largest absolute Gasteiger partial charge is 0.503 e. The summed E-state index contributed by atoms with van der Waals surface area (Å²) < 4.78 is 4.83. The van der Waals surface area contributed by atoms with Crippen LogP contribution in [0.3, 0.4) is 0 Å². The molecule has 0 radical (unpaired) electrons. The molecule has 0 bridgehead atoms. The Hall–Kier alpha value is -1.68. The van der Waals surface area contributed by atoms with Crippen LogP contribution in [-0.4, -0.2) is 23.3 Å². The summed E-state index contributed by atoms with van der Waals surface area (Å²) in [5.74, 6) is -1.04. The number of ether oxygens (including phenoxy) is 1. The molecule has 0 spiro atoms. The lowest BCUT2D eigenvalue weighted by atomic mass is 10.2. The smallest absolute Gasteiger partial charge is 0.328 e. The average molecular weight is 229 g/mol. The second kappa shape index (κ2) is 4.70. The molecule has 0 saturated heterocycles. The molecule has 0 aliphatic carbocycles. The van der Waals surface area contributed by atoms with Gasteiger partial charge in [0.1, 0.15) is 0 Å². The Morgan fingerprint density at radius 2 is 2.20 bits per heavy atom. The summed E-state index contributed by atoms with van der Waals surface area (Å²) in [5.41, 5.74) is 0.414. The Morgan fingerprint density at radius 1 is 1.53 bits per heavy atom. The Labute approximate surface area is 91.4 Å². The number of phenolic OH excluding ortho intramolecular Hbond substituents is 1. The molecule has 0 heterocycles. The van der Waals surface area contributed by atoms with Gasteiger partial charge in [0.2, 0.25) is 0 Å². The lowest BCUT2D eigenvalue weighted by Gasteiger charge is -2.06. The van der Waals surface area contributed by atoms with Crippen molar-refractivity contribution in [2.45, 2.75) is 0 Å². The van der Waals surface area contributed by atoms with Gasteiger partial charge in [0, 0.05) is 6.08 Å². The Balaban J connectivity index is 3.12. The average Bonchev–Trinajstić information content (AvgIpc) is 2.20. The van der Waals surface area contributed by atoms with E-state index >= 15 is 0 Å². The van der Waals surface area contributed by atoms with E-state index in [4.69, 9.17) is 21.4 Å². The molecule has 0 aliphatic rings. The highest BCUT2D eigenvalue weighted by molar-refractivity contribution is 6.33. The summed E-state index contributed by atoms with van der Waals surface area (Å²) in [6, 6.07) is 3.06. The molecule has 0 fully saturated rings. The minimum atomic E-state index is -1.08. The van der Waals surface area contributed by atoms with Crippen LogP contribution in [0.15, 0.2) is 18.2 Å². The number of carboxylic acids is 1. The minimum absolute atomic E-state index is 0.0619. The Morgan fingerprint density at radius 3 is 2.73 bits per heavy atom. The van der Waals surface area contributed by atoms with Gasteiger partial charge >= 0.3 is 5.97 Å². The second-order valence-electron chi connectivity index (χ2n) is 2.69. The monoisotopic (exact) mass is 228 g/mol. The summed E-state index contributed by atoms with van der Waals surface area (Å²) in [7, 11) is 1.40. The van der Waals surface area contributed by atoms with Crippen molar-refractivity contribution >= 4 is 23.6 Å². The Kier molecular flexibility index (Phi) is 3.57. The number of carboxylic acid groups (broad SMARTS) is 1. The maximum absolute atomic E-state index is 10.3. The van der Waals surface area contributed by atoms with Gasteiger partial charge < -0.3 is 14.9 Å². The molecule has 0 unspecified atom stereocenters. The fraction of sp³-hybridized carbons (Fsp3) is 0.100. The van der Waals surface area contributed by atoms with Crippen LogP contribution in [-0.2, 0) is 4.79 Å². The van der Waals surface area contributed by atoms with Crippen LogP contribution < -0.4 is 4.74 Å². The molecular formula is C10H9ClO4. The van der Waals surface area contributed by atoms with Crippen molar-refractivity contribution in [2.24, 2.45) is 0 Å². The van der Waals surface area contributed by atoms with Crippen molar-refractivity contribution in [3.8, 4) is 11.5 Å². The number of benzene rings is 1. The molecule has 5 heteroatoms. The Bertz CT molecular complexity index is 412. The summed E-state index contributed by atoms with van der Waals surface area (Å²) in [5, 5.41) is 18.0. The molecule has 0 amide bonds. The van der Waals surface area contributed by atoms with Gasteiger partial charge in [0.15, 0.2) is 11.5 Å². The van der Waals surface area contributed by atoms with Gasteiger partial charge in [-0.3, -0.25) is 0 Å². The molecule has 1 aromatic carbocycles. The first-order valence-corrected chi connectivity index (χ1v) is 4.40. The first-order valence-electron chi connectivity index (χ1n) is 4.02. The van der Waals surface area contributed by atoms with Gasteiger partial charge in [0.25, 0.3) is 0 Å². The standard InChI is InChI=1S/C10H9ClO4/c1-15-7-4-2-6(3-5-8(12)13)9(11)10(7)14/h2-5,14H,1H3,(H,12,13)/b5-3+. The van der Waals surface area contributed by atoms with Crippen molar-refractivity contribution in [3.05, 3.63) is 28.8 Å². The van der Waals surface area contributed by atoms with Gasteiger partial charge in [-0.1, -0.05) is 11.6 Å². The van der Waals surface area contributed by atoms with Crippen LogP contribution in [0.2, 0.25) is 5.02 Å². The molecular weight excluding hydrogens is 220 g/mol. The SMILES string of the molecule is COc1ccc(/C=C/C(=O)O)c(Cl)c1O. The van der Waals surface area contributed by atoms with Gasteiger partial charge in [-0.05, 0) is 23.8 Å². The third kappa shape index (κ3) is 2.63. The van der Waals surface area contributed by atoms with E-state index in [-0.39, 0.29) is 16.5 Å². The van der Waals surface area contributed by atoms with E-state index in [0.717, 1.165) is 6.08 Å². The van der Waals surface area contributed by atoms with Gasteiger partial charge in [0.05, 0.1) is 12.1 Å². The van der Waals surface area contributed by atoms with Crippen molar-refractivity contribution < 1.29 is 19.7 Å². The van der Waals surface area contributed by atoms with Crippen LogP contribution in [0.5, 0.6) is 11.5 Å². The van der Waals surface area contributed by atoms with Gasteiger partial charge in [-0.15, -0.1) is 0 Å².